The van der Waals surface area contributed by atoms with Gasteiger partial charge >= 0.3 is 0 Å². The van der Waals surface area contributed by atoms with Crippen LogP contribution in [0.15, 0.2) is 34.8 Å². The van der Waals surface area contributed by atoms with E-state index in [4.69, 9.17) is 21.1 Å². The number of carbonyl (C=O) groups is 1. The minimum absolute atomic E-state index is 0.249. The fourth-order valence-electron chi connectivity index (χ4n) is 2.13. The predicted molar refractivity (Wildman–Crippen MR) is 101 cm³/mol. The molecule has 0 aromatic heterocycles. The van der Waals surface area contributed by atoms with Crippen molar-refractivity contribution in [2.24, 2.45) is 0 Å². The van der Waals surface area contributed by atoms with Crippen LogP contribution in [0.5, 0.6) is 11.5 Å². The zero-order valence-corrected chi connectivity index (χ0v) is 16.1. The lowest BCUT2D eigenvalue weighted by molar-refractivity contribution is 0.102. The lowest BCUT2D eigenvalue weighted by Gasteiger charge is -2.14. The van der Waals surface area contributed by atoms with Gasteiger partial charge in [0.2, 0.25) is 0 Å². The van der Waals surface area contributed by atoms with E-state index in [1.165, 1.54) is 0 Å². The molecule has 4 nitrogen and oxygen atoms in total. The van der Waals surface area contributed by atoms with Crippen molar-refractivity contribution in [2.75, 3.05) is 19.0 Å². The highest BCUT2D eigenvalue weighted by atomic mass is 79.9. The first-order valence-electron chi connectivity index (χ1n) is 7.54. The summed E-state index contributed by atoms with van der Waals surface area (Å²) in [5.74, 6) is 0.849. The zero-order valence-electron chi connectivity index (χ0n) is 13.8. The minimum atomic E-state index is -0.249. The SMILES string of the molecule is CCCOc1c(Br)cc(C(=O)Nc2cccc(Cl)c2C)cc1OC. The van der Waals surface area contributed by atoms with Crippen molar-refractivity contribution in [3.05, 3.63) is 51.0 Å². The quantitative estimate of drug-likeness (QED) is 0.685. The second kappa shape index (κ2) is 8.40. The summed E-state index contributed by atoms with van der Waals surface area (Å²) < 4.78 is 11.7. The predicted octanol–water partition coefficient (Wildman–Crippen LogP) is 5.46. The zero-order chi connectivity index (χ0) is 17.7. The second-order valence-electron chi connectivity index (χ2n) is 5.20. The maximum absolute atomic E-state index is 12.6. The van der Waals surface area contributed by atoms with Gasteiger partial charge in [-0.15, -0.1) is 0 Å². The molecule has 24 heavy (non-hydrogen) atoms. The highest BCUT2D eigenvalue weighted by Gasteiger charge is 2.16. The molecule has 0 saturated heterocycles. The van der Waals surface area contributed by atoms with Gasteiger partial charge in [-0.2, -0.15) is 0 Å². The number of hydrogen-bond donors (Lipinski definition) is 1. The number of halogens is 2. The topological polar surface area (TPSA) is 47.6 Å². The average Bonchev–Trinajstić information content (AvgIpc) is 2.57. The monoisotopic (exact) mass is 411 g/mol. The van der Waals surface area contributed by atoms with Crippen LogP contribution < -0.4 is 14.8 Å². The Morgan fingerprint density at radius 2 is 2.08 bits per heavy atom. The van der Waals surface area contributed by atoms with E-state index < -0.39 is 0 Å². The van der Waals surface area contributed by atoms with Gasteiger partial charge < -0.3 is 14.8 Å². The summed E-state index contributed by atoms with van der Waals surface area (Å²) in [5, 5.41) is 3.47. The standard InChI is InChI=1S/C18H19BrClNO3/c1-4-8-24-17-13(19)9-12(10-16(17)23-3)18(22)21-15-7-5-6-14(20)11(15)2/h5-7,9-10H,4,8H2,1-3H3,(H,21,22). The molecular formula is C18H19BrClNO3. The Morgan fingerprint density at radius 1 is 1.33 bits per heavy atom. The van der Waals surface area contributed by atoms with Crippen molar-refractivity contribution in [3.63, 3.8) is 0 Å². The van der Waals surface area contributed by atoms with Crippen molar-refractivity contribution >= 4 is 39.1 Å². The molecule has 0 saturated carbocycles. The van der Waals surface area contributed by atoms with Gasteiger partial charge in [0.15, 0.2) is 11.5 Å². The van der Waals surface area contributed by atoms with Gasteiger partial charge in [-0.3, -0.25) is 4.79 Å². The summed E-state index contributed by atoms with van der Waals surface area (Å²) in [6, 6.07) is 8.76. The number of benzene rings is 2. The third-order valence-corrected chi connectivity index (χ3v) is 4.46. The van der Waals surface area contributed by atoms with Crippen LogP contribution in [0.1, 0.15) is 29.3 Å². The van der Waals surface area contributed by atoms with Crippen LogP contribution in [0.25, 0.3) is 0 Å². The lowest BCUT2D eigenvalue weighted by atomic mass is 10.1. The molecule has 0 heterocycles. The van der Waals surface area contributed by atoms with Crippen molar-refractivity contribution in [2.45, 2.75) is 20.3 Å². The molecule has 0 aliphatic carbocycles. The van der Waals surface area contributed by atoms with Crippen molar-refractivity contribution in [3.8, 4) is 11.5 Å². The normalized spacial score (nSPS) is 10.4. The van der Waals surface area contributed by atoms with E-state index in [9.17, 15) is 4.79 Å². The number of carbonyl (C=O) groups excluding carboxylic acids is 1. The average molecular weight is 413 g/mol. The van der Waals surface area contributed by atoms with E-state index in [2.05, 4.69) is 21.2 Å². The third kappa shape index (κ3) is 4.22. The van der Waals surface area contributed by atoms with E-state index in [1.807, 2.05) is 19.9 Å². The van der Waals surface area contributed by atoms with Crippen LogP contribution in [0.2, 0.25) is 5.02 Å². The molecule has 0 unspecified atom stereocenters. The molecular weight excluding hydrogens is 394 g/mol. The number of anilines is 1. The van der Waals surface area contributed by atoms with E-state index in [-0.39, 0.29) is 5.91 Å². The Morgan fingerprint density at radius 3 is 2.75 bits per heavy atom. The van der Waals surface area contributed by atoms with Gasteiger partial charge in [0.05, 0.1) is 18.2 Å². The molecule has 0 aliphatic heterocycles. The van der Waals surface area contributed by atoms with Crippen molar-refractivity contribution in [1.29, 1.82) is 0 Å². The van der Waals surface area contributed by atoms with Gasteiger partial charge in [0.1, 0.15) is 0 Å². The van der Waals surface area contributed by atoms with Gasteiger partial charge in [-0.05, 0) is 59.1 Å². The minimum Gasteiger partial charge on any atom is -0.493 e. The summed E-state index contributed by atoms with van der Waals surface area (Å²) >= 11 is 9.53. The van der Waals surface area contributed by atoms with Crippen molar-refractivity contribution < 1.29 is 14.3 Å². The Balaban J connectivity index is 2.29. The number of hydrogen-bond acceptors (Lipinski definition) is 3. The molecule has 0 bridgehead atoms. The Hall–Kier alpha value is -1.72. The van der Waals surface area contributed by atoms with Gasteiger partial charge in [0, 0.05) is 16.3 Å². The highest BCUT2D eigenvalue weighted by molar-refractivity contribution is 9.10. The van der Waals surface area contributed by atoms with Crippen LogP contribution in [-0.2, 0) is 0 Å². The number of amides is 1. The number of methoxy groups -OCH3 is 1. The van der Waals surface area contributed by atoms with Gasteiger partial charge in [0.25, 0.3) is 5.91 Å². The maximum Gasteiger partial charge on any atom is 0.255 e. The van der Waals surface area contributed by atoms with Crippen LogP contribution in [0.4, 0.5) is 5.69 Å². The Bertz CT molecular complexity index is 749. The van der Waals surface area contributed by atoms with Crippen LogP contribution in [0.3, 0.4) is 0 Å². The number of rotatable bonds is 6. The van der Waals surface area contributed by atoms with Gasteiger partial charge in [-0.1, -0.05) is 24.6 Å². The smallest absolute Gasteiger partial charge is 0.255 e. The van der Waals surface area contributed by atoms with Crippen LogP contribution in [-0.4, -0.2) is 19.6 Å². The van der Waals surface area contributed by atoms with E-state index >= 15 is 0 Å². The summed E-state index contributed by atoms with van der Waals surface area (Å²) in [6.45, 7) is 4.45. The first kappa shape index (κ1) is 18.6. The summed E-state index contributed by atoms with van der Waals surface area (Å²) in [7, 11) is 1.55. The Kier molecular flexibility index (Phi) is 6.52. The maximum atomic E-state index is 12.6. The molecule has 1 amide bonds. The molecule has 0 aliphatic rings. The fraction of sp³-hybridized carbons (Fsp3) is 0.278. The van der Waals surface area contributed by atoms with E-state index in [0.29, 0.717) is 38.9 Å². The summed E-state index contributed by atoms with van der Waals surface area (Å²) in [5.41, 5.74) is 1.96. The van der Waals surface area contributed by atoms with Crippen LogP contribution in [0, 0.1) is 6.92 Å². The molecule has 2 aromatic rings. The molecule has 6 heteroatoms. The van der Waals surface area contributed by atoms with E-state index in [0.717, 1.165) is 12.0 Å². The second-order valence-corrected chi connectivity index (χ2v) is 6.47. The largest absolute Gasteiger partial charge is 0.493 e. The molecule has 2 rings (SSSR count). The number of nitrogens with one attached hydrogen (secondary N) is 1. The Labute approximate surface area is 155 Å². The fourth-order valence-corrected chi connectivity index (χ4v) is 2.86. The molecule has 0 spiro atoms. The van der Waals surface area contributed by atoms with Crippen LogP contribution >= 0.6 is 27.5 Å². The van der Waals surface area contributed by atoms with Crippen molar-refractivity contribution in [1.82, 2.24) is 0 Å². The molecule has 2 aromatic carbocycles. The summed E-state index contributed by atoms with van der Waals surface area (Å²) in [6.07, 6.45) is 0.881. The third-order valence-electron chi connectivity index (χ3n) is 3.46. The first-order valence-corrected chi connectivity index (χ1v) is 8.71. The molecule has 1 N–H and O–H groups in total. The molecule has 0 radical (unpaired) electrons. The van der Waals surface area contributed by atoms with E-state index in [1.54, 1.807) is 31.4 Å². The number of ether oxygens (including phenoxy) is 2. The highest BCUT2D eigenvalue weighted by Crippen LogP contribution is 2.37. The summed E-state index contributed by atoms with van der Waals surface area (Å²) in [4.78, 5) is 12.6. The molecule has 0 atom stereocenters. The first-order chi connectivity index (χ1) is 11.5. The van der Waals surface area contributed by atoms with Gasteiger partial charge in [-0.25, -0.2) is 0 Å². The lowest BCUT2D eigenvalue weighted by Crippen LogP contribution is -2.13. The molecule has 0 fully saturated rings. The molecule has 128 valence electrons.